The lowest BCUT2D eigenvalue weighted by atomic mass is 9.30. The molecule has 7 saturated carbocycles. The van der Waals surface area contributed by atoms with Crippen molar-refractivity contribution in [2.75, 3.05) is 0 Å². The van der Waals surface area contributed by atoms with Gasteiger partial charge in [0.05, 0.1) is 0 Å². The number of hydrogen-bond acceptors (Lipinski definition) is 3. The summed E-state index contributed by atoms with van der Waals surface area (Å²) in [6, 6.07) is 48.4. The van der Waals surface area contributed by atoms with Crippen molar-refractivity contribution >= 4 is 21.5 Å². The Morgan fingerprint density at radius 1 is 0.385 bits per heavy atom. The molecule has 0 amide bonds. The zero-order valence-corrected chi connectivity index (χ0v) is 29.3. The maximum absolute atomic E-state index is 5.22. The van der Waals surface area contributed by atoms with Gasteiger partial charge in [0, 0.05) is 22.1 Å². The van der Waals surface area contributed by atoms with E-state index in [0.29, 0.717) is 22.9 Å². The van der Waals surface area contributed by atoms with Gasteiger partial charge in [0.1, 0.15) is 0 Å². The number of rotatable bonds is 5. The van der Waals surface area contributed by atoms with Crippen LogP contribution in [0.3, 0.4) is 0 Å². The molecule has 0 aliphatic heterocycles. The first-order valence-electron chi connectivity index (χ1n) is 19.6. The van der Waals surface area contributed by atoms with Crippen LogP contribution in [0.15, 0.2) is 133 Å². The SMILES string of the molecule is c1ccc(-c2nc(-c3ccccc3)nc(-c3c4ccccc4c(-c4ccc(C56CC7CC8C9CC(CC85)CC6C9C7)cc4)c4ccccc34)n2)cc1. The van der Waals surface area contributed by atoms with Crippen molar-refractivity contribution in [2.24, 2.45) is 41.4 Å². The maximum atomic E-state index is 5.22. The van der Waals surface area contributed by atoms with Crippen LogP contribution in [-0.2, 0) is 5.41 Å². The molecule has 0 N–H and O–H groups in total. The summed E-state index contributed by atoms with van der Waals surface area (Å²) in [5, 5.41) is 4.80. The van der Waals surface area contributed by atoms with Gasteiger partial charge in [-0.1, -0.05) is 133 Å². The Balaban J connectivity index is 1.04. The van der Waals surface area contributed by atoms with Crippen molar-refractivity contribution in [3.05, 3.63) is 139 Å². The third-order valence-electron chi connectivity index (χ3n) is 14.6. The normalized spacial score (nSPS) is 29.3. The molecule has 6 aromatic carbocycles. The third-order valence-corrected chi connectivity index (χ3v) is 14.6. The van der Waals surface area contributed by atoms with E-state index in [2.05, 4.69) is 97.1 Å². The van der Waals surface area contributed by atoms with Gasteiger partial charge in [0.25, 0.3) is 0 Å². The van der Waals surface area contributed by atoms with Crippen LogP contribution < -0.4 is 0 Å². The molecule has 3 heteroatoms. The molecule has 7 aliphatic rings. The van der Waals surface area contributed by atoms with E-state index in [-0.39, 0.29) is 0 Å². The van der Waals surface area contributed by atoms with Gasteiger partial charge in [0.2, 0.25) is 0 Å². The van der Waals surface area contributed by atoms with E-state index >= 15 is 0 Å². The first-order valence-corrected chi connectivity index (χ1v) is 19.6. The molecular formula is C49H41N3. The van der Waals surface area contributed by atoms with Crippen LogP contribution in [0.2, 0.25) is 0 Å². The van der Waals surface area contributed by atoms with Crippen molar-refractivity contribution in [3.63, 3.8) is 0 Å². The van der Waals surface area contributed by atoms with E-state index in [1.165, 1.54) is 64.8 Å². The number of fused-ring (bicyclic) bond motifs is 2. The zero-order valence-electron chi connectivity index (χ0n) is 29.3. The fourth-order valence-electron chi connectivity index (χ4n) is 13.0. The van der Waals surface area contributed by atoms with E-state index in [9.17, 15) is 0 Å². The Morgan fingerprint density at radius 2 is 0.846 bits per heavy atom. The topological polar surface area (TPSA) is 38.7 Å². The maximum Gasteiger partial charge on any atom is 0.165 e. The Bertz CT molecular complexity index is 2380. The molecule has 1 heterocycles. The summed E-state index contributed by atoms with van der Waals surface area (Å²) in [7, 11) is 0. The standard InChI is InChI=1S/C49H41N3/c1-3-11-32(12-4-1)46-50-47(33-13-5-2-6-14-33)52-48(51-46)45-37-17-9-7-15-35(37)44(36-16-8-10-18-38(36)45)31-19-21-34(22-20-31)49-28-30-24-40-39-23-29(26-42(40)49)27-43(49)41(39)25-30/h1-22,29-30,39-43H,23-28H2. The van der Waals surface area contributed by atoms with Crippen LogP contribution in [0.1, 0.15) is 44.1 Å². The molecule has 1 aromatic heterocycles. The van der Waals surface area contributed by atoms with Crippen molar-refractivity contribution in [1.82, 2.24) is 15.0 Å². The Morgan fingerprint density at radius 3 is 1.38 bits per heavy atom. The first kappa shape index (κ1) is 29.4. The number of aromatic nitrogens is 3. The highest BCUT2D eigenvalue weighted by Crippen LogP contribution is 2.76. The molecule has 252 valence electrons. The van der Waals surface area contributed by atoms with E-state index in [1.54, 1.807) is 12.0 Å². The average molecular weight is 672 g/mol. The molecule has 3 nitrogen and oxygen atoms in total. The second-order valence-corrected chi connectivity index (χ2v) is 16.8. The molecule has 4 unspecified atom stereocenters. The highest BCUT2D eigenvalue weighted by molar-refractivity contribution is 6.20. The molecule has 7 aromatic rings. The summed E-state index contributed by atoms with van der Waals surface area (Å²) in [4.78, 5) is 15.4. The summed E-state index contributed by atoms with van der Waals surface area (Å²) in [5.74, 6) is 8.88. The highest BCUT2D eigenvalue weighted by atomic mass is 15.0. The van der Waals surface area contributed by atoms with Gasteiger partial charge in [0.15, 0.2) is 17.5 Å². The lowest BCUT2D eigenvalue weighted by Crippen LogP contribution is -2.69. The predicted molar refractivity (Wildman–Crippen MR) is 210 cm³/mol. The van der Waals surface area contributed by atoms with Crippen LogP contribution in [0.25, 0.3) is 66.8 Å². The van der Waals surface area contributed by atoms with E-state index in [4.69, 9.17) is 15.0 Å². The summed E-state index contributed by atoms with van der Waals surface area (Å²) < 4.78 is 0. The largest absolute Gasteiger partial charge is 0.208 e. The smallest absolute Gasteiger partial charge is 0.165 e. The second kappa shape index (κ2) is 10.9. The molecular weight excluding hydrogens is 631 g/mol. The van der Waals surface area contributed by atoms with E-state index in [0.717, 1.165) is 58.1 Å². The van der Waals surface area contributed by atoms with Gasteiger partial charge in [-0.3, -0.25) is 0 Å². The molecule has 0 radical (unpaired) electrons. The summed E-state index contributed by atoms with van der Waals surface area (Å²) in [6.45, 7) is 0. The fourth-order valence-corrected chi connectivity index (χ4v) is 13.0. The Kier molecular flexibility index (Phi) is 6.19. The number of hydrogen-bond donors (Lipinski definition) is 0. The minimum absolute atomic E-state index is 0.419. The van der Waals surface area contributed by atoms with Crippen molar-refractivity contribution in [3.8, 4) is 45.3 Å². The van der Waals surface area contributed by atoms with Crippen LogP contribution in [-0.4, -0.2) is 15.0 Å². The van der Waals surface area contributed by atoms with Crippen LogP contribution in [0, 0.1) is 41.4 Å². The summed E-state index contributed by atoms with van der Waals surface area (Å²) >= 11 is 0. The molecule has 0 spiro atoms. The minimum atomic E-state index is 0.419. The molecule has 52 heavy (non-hydrogen) atoms. The van der Waals surface area contributed by atoms with Gasteiger partial charge in [-0.05, 0) is 118 Å². The Hall–Kier alpha value is -5.15. The number of benzene rings is 6. The van der Waals surface area contributed by atoms with Gasteiger partial charge in [-0.2, -0.15) is 0 Å². The van der Waals surface area contributed by atoms with Crippen molar-refractivity contribution in [1.29, 1.82) is 0 Å². The van der Waals surface area contributed by atoms with Crippen molar-refractivity contribution in [2.45, 2.75) is 43.9 Å². The monoisotopic (exact) mass is 671 g/mol. The van der Waals surface area contributed by atoms with Crippen LogP contribution in [0.5, 0.6) is 0 Å². The lowest BCUT2D eigenvalue weighted by Gasteiger charge is -2.74. The molecule has 8 bridgehead atoms. The van der Waals surface area contributed by atoms with Gasteiger partial charge in [-0.15, -0.1) is 0 Å². The van der Waals surface area contributed by atoms with E-state index in [1.807, 2.05) is 36.4 Å². The van der Waals surface area contributed by atoms with Crippen LogP contribution in [0.4, 0.5) is 0 Å². The molecule has 7 aliphatic carbocycles. The molecule has 7 fully saturated rings. The number of nitrogens with zero attached hydrogens (tertiary/aromatic N) is 3. The highest BCUT2D eigenvalue weighted by Gasteiger charge is 2.70. The zero-order chi connectivity index (χ0) is 34.0. The quantitative estimate of drug-likeness (QED) is 0.171. The van der Waals surface area contributed by atoms with Gasteiger partial charge in [-0.25, -0.2) is 15.0 Å². The van der Waals surface area contributed by atoms with E-state index < -0.39 is 0 Å². The summed E-state index contributed by atoms with van der Waals surface area (Å²) in [5.41, 5.74) is 7.69. The Labute approximate surface area is 305 Å². The molecule has 0 saturated heterocycles. The molecule has 14 rings (SSSR count). The first-order chi connectivity index (χ1) is 25.7. The van der Waals surface area contributed by atoms with Gasteiger partial charge >= 0.3 is 0 Å². The van der Waals surface area contributed by atoms with Gasteiger partial charge < -0.3 is 0 Å². The third kappa shape index (κ3) is 4.05. The predicted octanol–water partition coefficient (Wildman–Crippen LogP) is 11.8. The average Bonchev–Trinajstić information content (AvgIpc) is 3.22. The lowest BCUT2D eigenvalue weighted by molar-refractivity contribution is -0.220. The second-order valence-electron chi connectivity index (χ2n) is 16.8. The van der Waals surface area contributed by atoms with Crippen molar-refractivity contribution < 1.29 is 0 Å². The fraction of sp³-hybridized carbons (Fsp3) is 0.286. The summed E-state index contributed by atoms with van der Waals surface area (Å²) in [6.07, 6.45) is 9.02. The molecule has 4 atom stereocenters. The minimum Gasteiger partial charge on any atom is -0.208 e. The van der Waals surface area contributed by atoms with Crippen LogP contribution >= 0.6 is 0 Å².